The molecule has 0 aliphatic rings. The van der Waals surface area contributed by atoms with Crippen molar-refractivity contribution in [2.75, 3.05) is 25.5 Å². The molecule has 0 aliphatic heterocycles. The lowest BCUT2D eigenvalue weighted by molar-refractivity contribution is -0.137. The van der Waals surface area contributed by atoms with Gasteiger partial charge in [0.2, 0.25) is 5.91 Å². The zero-order chi connectivity index (χ0) is 19.7. The maximum Gasteiger partial charge on any atom is 0.417 e. The monoisotopic (exact) mass is 400 g/mol. The number of nitrogens with one attached hydrogen (secondary N) is 1. The smallest absolute Gasteiger partial charge is 0.417 e. The molecule has 1 aromatic carbocycles. The third-order valence-corrected chi connectivity index (χ3v) is 4.19. The Balaban J connectivity index is 1.64. The van der Waals surface area contributed by atoms with Crippen molar-refractivity contribution >= 4 is 17.7 Å². The van der Waals surface area contributed by atoms with Crippen LogP contribution < -0.4 is 14.8 Å². The fourth-order valence-corrected chi connectivity index (χ4v) is 2.65. The van der Waals surface area contributed by atoms with E-state index in [0.717, 1.165) is 29.8 Å². The average molecular weight is 400 g/mol. The van der Waals surface area contributed by atoms with Gasteiger partial charge in [-0.05, 0) is 43.3 Å². The Morgan fingerprint density at radius 2 is 1.78 bits per heavy atom. The average Bonchev–Trinajstić information content (AvgIpc) is 2.65. The molecule has 1 aromatic heterocycles. The summed E-state index contributed by atoms with van der Waals surface area (Å²) in [5.74, 6) is 1.22. The van der Waals surface area contributed by atoms with Crippen LogP contribution in [0.15, 0.2) is 47.6 Å². The molecule has 146 valence electrons. The highest BCUT2D eigenvalue weighted by Gasteiger charge is 2.30. The Bertz CT molecular complexity index is 722. The fourth-order valence-electron chi connectivity index (χ4n) is 1.98. The topological polar surface area (TPSA) is 60.5 Å². The van der Waals surface area contributed by atoms with Crippen molar-refractivity contribution in [3.8, 4) is 11.5 Å². The Hall–Kier alpha value is -2.42. The summed E-state index contributed by atoms with van der Waals surface area (Å²) < 4.78 is 48.2. The van der Waals surface area contributed by atoms with Crippen molar-refractivity contribution in [2.24, 2.45) is 0 Å². The summed E-state index contributed by atoms with van der Waals surface area (Å²) in [6.07, 6.45) is -3.66. The first-order valence-electron chi connectivity index (χ1n) is 8.17. The number of carbonyl (C=O) groups is 1. The van der Waals surface area contributed by atoms with E-state index in [2.05, 4.69) is 10.3 Å². The van der Waals surface area contributed by atoms with Crippen LogP contribution in [-0.4, -0.2) is 36.4 Å². The molecule has 0 bridgehead atoms. The highest BCUT2D eigenvalue weighted by Crippen LogP contribution is 2.29. The van der Waals surface area contributed by atoms with Crippen molar-refractivity contribution in [3.05, 3.63) is 48.2 Å². The predicted octanol–water partition coefficient (Wildman–Crippen LogP) is 3.79. The number of nitrogens with zero attached hydrogens (tertiary/aromatic N) is 1. The number of rotatable bonds is 9. The molecule has 0 aliphatic carbocycles. The van der Waals surface area contributed by atoms with Crippen LogP contribution in [0.25, 0.3) is 0 Å². The summed E-state index contributed by atoms with van der Waals surface area (Å²) >= 11 is 1.06. The first-order valence-corrected chi connectivity index (χ1v) is 9.15. The molecular weight excluding hydrogens is 381 g/mol. The predicted molar refractivity (Wildman–Crippen MR) is 96.1 cm³/mol. The van der Waals surface area contributed by atoms with Crippen molar-refractivity contribution in [2.45, 2.75) is 18.1 Å². The van der Waals surface area contributed by atoms with Gasteiger partial charge in [-0.3, -0.25) is 4.79 Å². The number of thioether (sulfide) groups is 1. The van der Waals surface area contributed by atoms with Crippen molar-refractivity contribution in [3.63, 3.8) is 0 Å². The normalized spacial score (nSPS) is 11.1. The van der Waals surface area contributed by atoms with Gasteiger partial charge >= 0.3 is 6.18 Å². The van der Waals surface area contributed by atoms with E-state index in [0.29, 0.717) is 30.5 Å². The number of aromatic nitrogens is 1. The number of pyridine rings is 1. The van der Waals surface area contributed by atoms with E-state index in [9.17, 15) is 18.0 Å². The van der Waals surface area contributed by atoms with Crippen LogP contribution in [0, 0.1) is 0 Å². The minimum Gasteiger partial charge on any atom is -0.494 e. The molecular formula is C18H19F3N2O3S. The van der Waals surface area contributed by atoms with E-state index < -0.39 is 11.7 Å². The lowest BCUT2D eigenvalue weighted by Gasteiger charge is -2.09. The van der Waals surface area contributed by atoms with Gasteiger partial charge in [-0.1, -0.05) is 11.8 Å². The number of amides is 1. The minimum atomic E-state index is -4.42. The Morgan fingerprint density at radius 1 is 1.11 bits per heavy atom. The maximum atomic E-state index is 12.5. The van der Waals surface area contributed by atoms with Gasteiger partial charge in [0.15, 0.2) is 0 Å². The van der Waals surface area contributed by atoms with Crippen LogP contribution in [0.3, 0.4) is 0 Å². The number of benzene rings is 1. The number of carbonyl (C=O) groups excluding carboxylic acids is 1. The van der Waals surface area contributed by atoms with Gasteiger partial charge in [-0.2, -0.15) is 13.2 Å². The zero-order valence-electron chi connectivity index (χ0n) is 14.6. The second kappa shape index (κ2) is 10.1. The van der Waals surface area contributed by atoms with Gasteiger partial charge in [0.05, 0.1) is 29.5 Å². The highest BCUT2D eigenvalue weighted by atomic mass is 32.2. The van der Waals surface area contributed by atoms with E-state index in [-0.39, 0.29) is 11.7 Å². The molecule has 0 atom stereocenters. The summed E-state index contributed by atoms with van der Waals surface area (Å²) in [7, 11) is 0. The molecule has 1 N–H and O–H groups in total. The van der Waals surface area contributed by atoms with Gasteiger partial charge in [0.25, 0.3) is 0 Å². The third kappa shape index (κ3) is 7.38. The molecule has 0 saturated heterocycles. The Kier molecular flexibility index (Phi) is 7.78. The van der Waals surface area contributed by atoms with Crippen molar-refractivity contribution in [1.82, 2.24) is 10.3 Å². The van der Waals surface area contributed by atoms with Gasteiger partial charge in [0, 0.05) is 6.20 Å². The molecule has 9 heteroatoms. The molecule has 2 rings (SSSR count). The fraction of sp³-hybridized carbons (Fsp3) is 0.333. The van der Waals surface area contributed by atoms with E-state index >= 15 is 0 Å². The summed E-state index contributed by atoms with van der Waals surface area (Å²) in [4.78, 5) is 15.5. The minimum absolute atomic E-state index is 0.0570. The number of hydrogen-bond donors (Lipinski definition) is 1. The maximum absolute atomic E-state index is 12.5. The second-order valence-electron chi connectivity index (χ2n) is 5.27. The van der Waals surface area contributed by atoms with Crippen molar-refractivity contribution in [1.29, 1.82) is 0 Å². The standard InChI is InChI=1S/C18H19F3N2O3S/c1-2-25-14-4-6-15(7-5-14)26-10-9-22-16(24)12-27-17-8-3-13(11-23-17)18(19,20)21/h3-8,11H,2,9-10,12H2,1H3,(H,22,24). The van der Waals surface area contributed by atoms with Gasteiger partial charge in [-0.25, -0.2) is 4.98 Å². The molecule has 2 aromatic rings. The van der Waals surface area contributed by atoms with Crippen LogP contribution in [0.1, 0.15) is 12.5 Å². The molecule has 0 fully saturated rings. The summed E-state index contributed by atoms with van der Waals surface area (Å²) in [5, 5.41) is 3.02. The van der Waals surface area contributed by atoms with Crippen LogP contribution in [0.5, 0.6) is 11.5 Å². The van der Waals surface area contributed by atoms with E-state index in [1.807, 2.05) is 6.92 Å². The van der Waals surface area contributed by atoms with Crippen LogP contribution >= 0.6 is 11.8 Å². The molecule has 0 unspecified atom stereocenters. The molecule has 1 heterocycles. The van der Waals surface area contributed by atoms with Crippen molar-refractivity contribution < 1.29 is 27.4 Å². The molecule has 0 saturated carbocycles. The highest BCUT2D eigenvalue weighted by molar-refractivity contribution is 7.99. The second-order valence-corrected chi connectivity index (χ2v) is 6.27. The van der Waals surface area contributed by atoms with Gasteiger partial charge in [0.1, 0.15) is 18.1 Å². The number of halogens is 3. The summed E-state index contributed by atoms with van der Waals surface area (Å²) in [5.41, 5.74) is -0.817. The number of ether oxygens (including phenoxy) is 2. The van der Waals surface area contributed by atoms with Gasteiger partial charge < -0.3 is 14.8 Å². The summed E-state index contributed by atoms with van der Waals surface area (Å²) in [6, 6.07) is 9.34. The molecule has 27 heavy (non-hydrogen) atoms. The SMILES string of the molecule is CCOc1ccc(OCCNC(=O)CSc2ccc(C(F)(F)F)cn2)cc1. The lowest BCUT2D eigenvalue weighted by Crippen LogP contribution is -2.29. The zero-order valence-corrected chi connectivity index (χ0v) is 15.4. The molecule has 5 nitrogen and oxygen atoms in total. The van der Waals surface area contributed by atoms with Crippen LogP contribution in [0.2, 0.25) is 0 Å². The van der Waals surface area contributed by atoms with E-state index in [4.69, 9.17) is 9.47 Å². The van der Waals surface area contributed by atoms with Crippen LogP contribution in [0.4, 0.5) is 13.2 Å². The molecule has 1 amide bonds. The third-order valence-electron chi connectivity index (χ3n) is 3.24. The first kappa shape index (κ1) is 20.9. The van der Waals surface area contributed by atoms with Crippen LogP contribution in [-0.2, 0) is 11.0 Å². The van der Waals surface area contributed by atoms with E-state index in [1.165, 1.54) is 6.07 Å². The van der Waals surface area contributed by atoms with E-state index in [1.54, 1.807) is 24.3 Å². The van der Waals surface area contributed by atoms with Gasteiger partial charge in [-0.15, -0.1) is 0 Å². The molecule has 0 radical (unpaired) electrons. The first-order chi connectivity index (χ1) is 12.9. The molecule has 0 spiro atoms. The quantitative estimate of drug-likeness (QED) is 0.513. The lowest BCUT2D eigenvalue weighted by atomic mass is 10.3. The Morgan fingerprint density at radius 3 is 2.33 bits per heavy atom. The largest absolute Gasteiger partial charge is 0.494 e. The Labute approximate surface area is 159 Å². The summed E-state index contributed by atoms with van der Waals surface area (Å²) in [6.45, 7) is 3.10. The number of hydrogen-bond acceptors (Lipinski definition) is 5. The number of alkyl halides is 3.